The van der Waals surface area contributed by atoms with E-state index >= 15 is 0 Å². The summed E-state index contributed by atoms with van der Waals surface area (Å²) in [6.45, 7) is -0.573. The van der Waals surface area contributed by atoms with Crippen LogP contribution in [0.4, 0.5) is 9.18 Å². The SMILES string of the molecule is COc1cccc(/C=C2/SC(=O)N(Cc3ccc(F)cc3)C2=O)c1OCC(=O)O. The number of rotatable bonds is 7. The van der Waals surface area contributed by atoms with Gasteiger partial charge in [-0.15, -0.1) is 0 Å². The van der Waals surface area contributed by atoms with Crippen LogP contribution >= 0.6 is 11.8 Å². The zero-order valence-electron chi connectivity index (χ0n) is 15.3. The molecule has 0 bridgehead atoms. The maximum absolute atomic E-state index is 13.1. The van der Waals surface area contributed by atoms with E-state index in [-0.39, 0.29) is 17.2 Å². The van der Waals surface area contributed by atoms with Crippen molar-refractivity contribution in [3.8, 4) is 11.5 Å². The molecule has 0 radical (unpaired) electrons. The Morgan fingerprint density at radius 3 is 2.59 bits per heavy atom. The molecule has 150 valence electrons. The van der Waals surface area contributed by atoms with Gasteiger partial charge in [-0.3, -0.25) is 14.5 Å². The number of para-hydroxylation sites is 1. The molecular weight excluding hydrogens is 401 g/mol. The summed E-state index contributed by atoms with van der Waals surface area (Å²) in [5.41, 5.74) is 1.01. The second-order valence-electron chi connectivity index (χ2n) is 5.96. The summed E-state index contributed by atoms with van der Waals surface area (Å²) in [6, 6.07) is 10.4. The van der Waals surface area contributed by atoms with Crippen molar-refractivity contribution >= 4 is 35.0 Å². The molecule has 1 aliphatic heterocycles. The molecule has 3 rings (SSSR count). The minimum absolute atomic E-state index is 0.0166. The predicted octanol–water partition coefficient (Wildman–Crippen LogP) is 3.53. The third-order valence-electron chi connectivity index (χ3n) is 3.98. The van der Waals surface area contributed by atoms with Crippen molar-refractivity contribution in [2.75, 3.05) is 13.7 Å². The highest BCUT2D eigenvalue weighted by atomic mass is 32.2. The lowest BCUT2D eigenvalue weighted by molar-refractivity contribution is -0.139. The van der Waals surface area contributed by atoms with Crippen LogP contribution in [0.25, 0.3) is 6.08 Å². The number of hydrogen-bond donors (Lipinski definition) is 1. The molecule has 1 heterocycles. The highest BCUT2D eigenvalue weighted by Crippen LogP contribution is 2.37. The van der Waals surface area contributed by atoms with Gasteiger partial charge in [-0.1, -0.05) is 24.3 Å². The molecule has 0 aliphatic carbocycles. The average molecular weight is 417 g/mol. The van der Waals surface area contributed by atoms with Crippen molar-refractivity contribution < 1.29 is 33.4 Å². The molecule has 0 spiro atoms. The van der Waals surface area contributed by atoms with Gasteiger partial charge in [0.15, 0.2) is 18.1 Å². The molecular formula is C20H16FNO6S. The number of ether oxygens (including phenoxy) is 2. The standard InChI is InChI=1S/C20H16FNO6S/c1-27-15-4-2-3-13(18(15)28-11-17(23)24)9-16-19(25)22(20(26)29-16)10-12-5-7-14(21)8-6-12/h2-9H,10-11H2,1H3,(H,23,24)/b16-9+. The molecule has 1 fully saturated rings. The summed E-state index contributed by atoms with van der Waals surface area (Å²) >= 11 is 0.757. The van der Waals surface area contributed by atoms with Crippen molar-refractivity contribution in [2.24, 2.45) is 0 Å². The first-order valence-electron chi connectivity index (χ1n) is 8.40. The van der Waals surface area contributed by atoms with Crippen molar-refractivity contribution in [3.63, 3.8) is 0 Å². The number of thioether (sulfide) groups is 1. The van der Waals surface area contributed by atoms with Gasteiger partial charge in [0.05, 0.1) is 18.6 Å². The number of benzene rings is 2. The van der Waals surface area contributed by atoms with E-state index in [0.717, 1.165) is 16.7 Å². The Morgan fingerprint density at radius 1 is 1.21 bits per heavy atom. The van der Waals surface area contributed by atoms with E-state index in [0.29, 0.717) is 16.9 Å². The monoisotopic (exact) mass is 417 g/mol. The summed E-state index contributed by atoms with van der Waals surface area (Å²) < 4.78 is 23.5. The van der Waals surface area contributed by atoms with Crippen LogP contribution < -0.4 is 9.47 Å². The number of halogens is 1. The van der Waals surface area contributed by atoms with Crippen LogP contribution in [-0.4, -0.2) is 40.8 Å². The molecule has 29 heavy (non-hydrogen) atoms. The van der Waals surface area contributed by atoms with Gasteiger partial charge in [0, 0.05) is 5.56 Å². The Morgan fingerprint density at radius 2 is 1.93 bits per heavy atom. The van der Waals surface area contributed by atoms with Gasteiger partial charge in [-0.25, -0.2) is 9.18 Å². The van der Waals surface area contributed by atoms with Gasteiger partial charge in [0.25, 0.3) is 11.1 Å². The fourth-order valence-electron chi connectivity index (χ4n) is 2.65. The van der Waals surface area contributed by atoms with Crippen LogP contribution in [0.5, 0.6) is 11.5 Å². The maximum atomic E-state index is 13.1. The van der Waals surface area contributed by atoms with E-state index in [2.05, 4.69) is 0 Å². The first kappa shape index (κ1) is 20.4. The number of carbonyl (C=O) groups is 3. The zero-order chi connectivity index (χ0) is 21.0. The summed E-state index contributed by atoms with van der Waals surface area (Å²) in [5, 5.41) is 8.41. The third kappa shape index (κ3) is 4.75. The quantitative estimate of drug-likeness (QED) is 0.689. The first-order valence-corrected chi connectivity index (χ1v) is 9.22. The Balaban J connectivity index is 1.87. The van der Waals surface area contributed by atoms with Gasteiger partial charge in [-0.05, 0) is 41.6 Å². The molecule has 7 nitrogen and oxygen atoms in total. The second-order valence-corrected chi connectivity index (χ2v) is 6.95. The number of hydrogen-bond acceptors (Lipinski definition) is 6. The number of imide groups is 1. The lowest BCUT2D eigenvalue weighted by Crippen LogP contribution is -2.27. The fourth-order valence-corrected chi connectivity index (χ4v) is 3.47. The van der Waals surface area contributed by atoms with Crippen molar-refractivity contribution in [1.29, 1.82) is 0 Å². The summed E-state index contributed by atoms with van der Waals surface area (Å²) in [7, 11) is 1.41. The minimum Gasteiger partial charge on any atom is -0.493 e. The highest BCUT2D eigenvalue weighted by molar-refractivity contribution is 8.18. The van der Waals surface area contributed by atoms with E-state index in [1.165, 1.54) is 37.5 Å². The van der Waals surface area contributed by atoms with Gasteiger partial charge in [0.1, 0.15) is 5.82 Å². The molecule has 2 amide bonds. The largest absolute Gasteiger partial charge is 0.493 e. The fraction of sp³-hybridized carbons (Fsp3) is 0.150. The van der Waals surface area contributed by atoms with Gasteiger partial charge < -0.3 is 14.6 Å². The molecule has 1 N–H and O–H groups in total. The van der Waals surface area contributed by atoms with Crippen molar-refractivity contribution in [2.45, 2.75) is 6.54 Å². The lowest BCUT2D eigenvalue weighted by Gasteiger charge is -2.13. The van der Waals surface area contributed by atoms with Gasteiger partial charge in [0.2, 0.25) is 0 Å². The van der Waals surface area contributed by atoms with Crippen LogP contribution in [0, 0.1) is 5.82 Å². The Bertz CT molecular complexity index is 989. The zero-order valence-corrected chi connectivity index (χ0v) is 16.1. The molecule has 1 aliphatic rings. The van der Waals surface area contributed by atoms with Crippen molar-refractivity contribution in [1.82, 2.24) is 4.90 Å². The molecule has 1 saturated heterocycles. The van der Waals surface area contributed by atoms with E-state index in [4.69, 9.17) is 14.6 Å². The molecule has 2 aromatic rings. The van der Waals surface area contributed by atoms with Crippen LogP contribution in [-0.2, 0) is 16.1 Å². The minimum atomic E-state index is -1.17. The Kier molecular flexibility index (Phi) is 6.18. The number of carboxylic acid groups (broad SMARTS) is 1. The number of methoxy groups -OCH3 is 1. The number of carbonyl (C=O) groups excluding carboxylic acids is 2. The number of aliphatic carboxylic acids is 1. The third-order valence-corrected chi connectivity index (χ3v) is 4.89. The lowest BCUT2D eigenvalue weighted by atomic mass is 10.1. The average Bonchev–Trinajstić information content (AvgIpc) is 2.95. The van der Waals surface area contributed by atoms with Crippen LogP contribution in [0.15, 0.2) is 47.4 Å². The first-order chi connectivity index (χ1) is 13.9. The molecule has 2 aromatic carbocycles. The summed E-state index contributed by atoms with van der Waals surface area (Å²) in [5.74, 6) is -1.62. The Labute approximate surface area is 169 Å². The smallest absolute Gasteiger partial charge is 0.341 e. The number of amides is 2. The molecule has 0 unspecified atom stereocenters. The number of carboxylic acids is 1. The van der Waals surface area contributed by atoms with Crippen LogP contribution in [0.3, 0.4) is 0 Å². The Hall–Kier alpha value is -3.33. The molecule has 0 saturated carbocycles. The highest BCUT2D eigenvalue weighted by Gasteiger charge is 2.35. The summed E-state index contributed by atoms with van der Waals surface area (Å²) in [6.07, 6.45) is 1.45. The predicted molar refractivity (Wildman–Crippen MR) is 104 cm³/mol. The topological polar surface area (TPSA) is 93.1 Å². The summed E-state index contributed by atoms with van der Waals surface area (Å²) in [4.78, 5) is 37.1. The van der Waals surface area contributed by atoms with Crippen molar-refractivity contribution in [3.05, 3.63) is 64.3 Å². The van der Waals surface area contributed by atoms with E-state index in [9.17, 15) is 18.8 Å². The molecule has 0 aromatic heterocycles. The molecule has 0 atom stereocenters. The normalized spacial score (nSPS) is 15.1. The van der Waals surface area contributed by atoms with Gasteiger partial charge >= 0.3 is 5.97 Å². The van der Waals surface area contributed by atoms with E-state index < -0.39 is 29.5 Å². The van der Waals surface area contributed by atoms with E-state index in [1.54, 1.807) is 18.2 Å². The van der Waals surface area contributed by atoms with E-state index in [1.807, 2.05) is 0 Å². The van der Waals surface area contributed by atoms with Crippen LogP contribution in [0.1, 0.15) is 11.1 Å². The van der Waals surface area contributed by atoms with Crippen LogP contribution in [0.2, 0.25) is 0 Å². The molecule has 9 heteroatoms. The second kappa shape index (κ2) is 8.78. The van der Waals surface area contributed by atoms with Gasteiger partial charge in [-0.2, -0.15) is 0 Å². The maximum Gasteiger partial charge on any atom is 0.341 e. The number of nitrogens with zero attached hydrogens (tertiary/aromatic N) is 1.